The van der Waals surface area contributed by atoms with Gasteiger partial charge in [0.15, 0.2) is 0 Å². The lowest BCUT2D eigenvalue weighted by Crippen LogP contribution is -2.14. The highest BCUT2D eigenvalue weighted by molar-refractivity contribution is 6.34. The van der Waals surface area contributed by atoms with E-state index in [2.05, 4.69) is 15.3 Å². The predicted octanol–water partition coefficient (Wildman–Crippen LogP) is 4.29. The number of amides is 1. The highest BCUT2D eigenvalue weighted by Crippen LogP contribution is 2.22. The Morgan fingerprint density at radius 2 is 1.78 bits per heavy atom. The predicted molar refractivity (Wildman–Crippen MR) is 88.4 cm³/mol. The summed E-state index contributed by atoms with van der Waals surface area (Å²) in [5.41, 5.74) is 3.38. The molecule has 1 aromatic heterocycles. The molecule has 6 heteroatoms. The van der Waals surface area contributed by atoms with Gasteiger partial charge in [0, 0.05) is 5.69 Å². The van der Waals surface area contributed by atoms with E-state index in [9.17, 15) is 9.18 Å². The van der Waals surface area contributed by atoms with Crippen LogP contribution in [0, 0.1) is 19.7 Å². The molecular weight excluding hydrogens is 317 g/mol. The number of aromatic nitrogens is 2. The first kappa shape index (κ1) is 15.4. The largest absolute Gasteiger partial charge is 0.322 e. The van der Waals surface area contributed by atoms with Gasteiger partial charge in [0.25, 0.3) is 5.91 Å². The third-order valence-electron chi connectivity index (χ3n) is 3.52. The number of hydrogen-bond donors (Lipinski definition) is 1. The number of carbonyl (C=O) groups is 1. The fourth-order valence-electron chi connectivity index (χ4n) is 2.22. The van der Waals surface area contributed by atoms with Gasteiger partial charge in [-0.15, -0.1) is 0 Å². The van der Waals surface area contributed by atoms with E-state index in [1.165, 1.54) is 18.2 Å². The molecule has 1 heterocycles. The first-order chi connectivity index (χ1) is 11.0. The van der Waals surface area contributed by atoms with E-state index in [0.717, 1.165) is 16.9 Å². The Bertz CT molecular complexity index is 907. The number of nitrogens with one attached hydrogen (secondary N) is 1. The molecule has 116 valence electrons. The van der Waals surface area contributed by atoms with Crippen molar-refractivity contribution in [2.24, 2.45) is 0 Å². The maximum Gasteiger partial charge on any atom is 0.260 e. The summed E-state index contributed by atoms with van der Waals surface area (Å²) < 4.78 is 13.8. The van der Waals surface area contributed by atoms with Crippen LogP contribution in [0.1, 0.15) is 21.7 Å². The van der Waals surface area contributed by atoms with Gasteiger partial charge in [-0.25, -0.2) is 14.4 Å². The first-order valence-corrected chi connectivity index (χ1v) is 7.34. The van der Waals surface area contributed by atoms with Crippen LogP contribution in [0.2, 0.25) is 5.02 Å². The van der Waals surface area contributed by atoms with Gasteiger partial charge in [0.2, 0.25) is 0 Å². The second kappa shape index (κ2) is 5.93. The van der Waals surface area contributed by atoms with Crippen molar-refractivity contribution in [1.82, 2.24) is 9.97 Å². The molecule has 2 aromatic carbocycles. The van der Waals surface area contributed by atoms with Crippen molar-refractivity contribution in [3.63, 3.8) is 0 Å². The Morgan fingerprint density at radius 3 is 2.48 bits per heavy atom. The Morgan fingerprint density at radius 1 is 1.09 bits per heavy atom. The molecule has 1 amide bonds. The average Bonchev–Trinajstić information content (AvgIpc) is 2.48. The number of benzene rings is 2. The minimum Gasteiger partial charge on any atom is -0.322 e. The molecule has 1 N–H and O–H groups in total. The lowest BCUT2D eigenvalue weighted by Gasteiger charge is -2.09. The van der Waals surface area contributed by atoms with Crippen molar-refractivity contribution >= 4 is 34.2 Å². The van der Waals surface area contributed by atoms with Gasteiger partial charge in [-0.3, -0.25) is 4.79 Å². The zero-order chi connectivity index (χ0) is 16.6. The number of nitrogens with zero attached hydrogens (tertiary/aromatic N) is 2. The number of fused-ring (bicyclic) bond motifs is 1. The highest BCUT2D eigenvalue weighted by atomic mass is 35.5. The minimum atomic E-state index is -0.665. The molecule has 0 aliphatic heterocycles. The van der Waals surface area contributed by atoms with Crippen LogP contribution >= 0.6 is 11.6 Å². The molecule has 0 radical (unpaired) electrons. The van der Waals surface area contributed by atoms with E-state index >= 15 is 0 Å². The zero-order valence-corrected chi connectivity index (χ0v) is 13.3. The summed E-state index contributed by atoms with van der Waals surface area (Å²) in [7, 11) is 0. The Balaban J connectivity index is 1.95. The van der Waals surface area contributed by atoms with Crippen molar-refractivity contribution in [2.45, 2.75) is 13.8 Å². The van der Waals surface area contributed by atoms with Crippen molar-refractivity contribution in [3.8, 4) is 0 Å². The van der Waals surface area contributed by atoms with E-state index in [1.54, 1.807) is 18.2 Å². The molecule has 4 nitrogen and oxygen atoms in total. The quantitative estimate of drug-likeness (QED) is 0.763. The molecule has 0 aliphatic carbocycles. The molecule has 0 spiro atoms. The van der Waals surface area contributed by atoms with Crippen LogP contribution in [-0.2, 0) is 0 Å². The summed E-state index contributed by atoms with van der Waals surface area (Å²) >= 11 is 5.90. The van der Waals surface area contributed by atoms with Gasteiger partial charge in [-0.1, -0.05) is 17.7 Å². The topological polar surface area (TPSA) is 54.9 Å². The molecule has 0 bridgehead atoms. The second-order valence-electron chi connectivity index (χ2n) is 5.15. The third-order valence-corrected chi connectivity index (χ3v) is 3.84. The summed E-state index contributed by atoms with van der Waals surface area (Å²) in [6.07, 6.45) is 0. The number of carbonyl (C=O) groups excluding carboxylic acids is 1. The number of anilines is 1. The van der Waals surface area contributed by atoms with E-state index in [1.807, 2.05) is 13.8 Å². The van der Waals surface area contributed by atoms with Crippen molar-refractivity contribution < 1.29 is 9.18 Å². The smallest absolute Gasteiger partial charge is 0.260 e. The van der Waals surface area contributed by atoms with Crippen LogP contribution in [0.4, 0.5) is 10.1 Å². The maximum atomic E-state index is 13.8. The Labute approximate surface area is 137 Å². The second-order valence-corrected chi connectivity index (χ2v) is 5.56. The normalized spacial score (nSPS) is 10.8. The molecule has 0 atom stereocenters. The zero-order valence-electron chi connectivity index (χ0n) is 12.5. The van der Waals surface area contributed by atoms with E-state index in [4.69, 9.17) is 11.6 Å². The van der Waals surface area contributed by atoms with Crippen molar-refractivity contribution in [2.75, 3.05) is 5.32 Å². The summed E-state index contributed by atoms with van der Waals surface area (Å²) in [4.78, 5) is 21.1. The molecule has 3 rings (SSSR count). The molecule has 0 unspecified atom stereocenters. The first-order valence-electron chi connectivity index (χ1n) is 6.96. The number of hydrogen-bond acceptors (Lipinski definition) is 3. The Kier molecular flexibility index (Phi) is 3.96. The van der Waals surface area contributed by atoms with Gasteiger partial charge in [-0.2, -0.15) is 0 Å². The molecule has 0 fully saturated rings. The average molecular weight is 330 g/mol. The SMILES string of the molecule is Cc1nc2ccc(NC(=O)c3c(F)cccc3Cl)cc2nc1C. The molecule has 0 saturated carbocycles. The van der Waals surface area contributed by atoms with Crippen LogP contribution in [0.5, 0.6) is 0 Å². The van der Waals surface area contributed by atoms with Gasteiger partial charge < -0.3 is 5.32 Å². The lowest BCUT2D eigenvalue weighted by atomic mass is 10.2. The van der Waals surface area contributed by atoms with Gasteiger partial charge >= 0.3 is 0 Å². The fraction of sp³-hybridized carbons (Fsp3) is 0.118. The standard InChI is InChI=1S/C17H13ClFN3O/c1-9-10(2)21-15-8-11(6-7-14(15)20-9)22-17(23)16-12(18)4-3-5-13(16)19/h3-8H,1-2H3,(H,22,23). The van der Waals surface area contributed by atoms with Crippen LogP contribution in [-0.4, -0.2) is 15.9 Å². The van der Waals surface area contributed by atoms with E-state index < -0.39 is 11.7 Å². The fourth-order valence-corrected chi connectivity index (χ4v) is 2.47. The van der Waals surface area contributed by atoms with Crippen LogP contribution < -0.4 is 5.32 Å². The summed E-state index contributed by atoms with van der Waals surface area (Å²) in [5, 5.41) is 2.70. The minimum absolute atomic E-state index is 0.0644. The van der Waals surface area contributed by atoms with Crippen molar-refractivity contribution in [3.05, 3.63) is 64.2 Å². The third kappa shape index (κ3) is 3.00. The molecule has 3 aromatic rings. The number of aryl methyl sites for hydroxylation is 2. The maximum absolute atomic E-state index is 13.8. The summed E-state index contributed by atoms with van der Waals surface area (Å²) in [5.74, 6) is -1.27. The molecule has 23 heavy (non-hydrogen) atoms. The summed E-state index contributed by atoms with van der Waals surface area (Å²) in [6.45, 7) is 3.75. The summed E-state index contributed by atoms with van der Waals surface area (Å²) in [6, 6.07) is 9.26. The molecule has 0 saturated heterocycles. The lowest BCUT2D eigenvalue weighted by molar-refractivity contribution is 0.102. The Hall–Kier alpha value is -2.53. The van der Waals surface area contributed by atoms with Crippen LogP contribution in [0.15, 0.2) is 36.4 Å². The van der Waals surface area contributed by atoms with Gasteiger partial charge in [-0.05, 0) is 44.2 Å². The molecule has 0 aliphatic rings. The van der Waals surface area contributed by atoms with E-state index in [0.29, 0.717) is 11.2 Å². The molecular formula is C17H13ClFN3O. The van der Waals surface area contributed by atoms with Gasteiger partial charge in [0.1, 0.15) is 5.82 Å². The highest BCUT2D eigenvalue weighted by Gasteiger charge is 2.16. The number of rotatable bonds is 2. The monoisotopic (exact) mass is 329 g/mol. The number of halogens is 2. The van der Waals surface area contributed by atoms with Gasteiger partial charge in [0.05, 0.1) is 33.0 Å². The van der Waals surface area contributed by atoms with Crippen LogP contribution in [0.3, 0.4) is 0 Å². The van der Waals surface area contributed by atoms with E-state index in [-0.39, 0.29) is 10.6 Å². The van der Waals surface area contributed by atoms with Crippen LogP contribution in [0.25, 0.3) is 11.0 Å². The van der Waals surface area contributed by atoms with Crippen molar-refractivity contribution in [1.29, 1.82) is 0 Å².